The van der Waals surface area contributed by atoms with Crippen LogP contribution in [-0.2, 0) is 10.8 Å². The highest BCUT2D eigenvalue weighted by Crippen LogP contribution is 2.64. The summed E-state index contributed by atoms with van der Waals surface area (Å²) in [4.78, 5) is 0. The molecule has 10 aromatic rings. The first kappa shape index (κ1) is 33.5. The number of ether oxygens (including phenoxy) is 1. The van der Waals surface area contributed by atoms with E-state index in [-0.39, 0.29) is 0 Å². The van der Waals surface area contributed by atoms with Crippen molar-refractivity contribution in [2.75, 3.05) is 0 Å². The molecule has 0 saturated carbocycles. The van der Waals surface area contributed by atoms with E-state index < -0.39 is 10.8 Å². The predicted molar refractivity (Wildman–Crippen MR) is 247 cm³/mol. The molecule has 1 heteroatoms. The van der Waals surface area contributed by atoms with E-state index in [1.54, 1.807) is 0 Å². The minimum atomic E-state index is -0.440. The molecule has 1 aliphatic heterocycles. The first-order valence-electron chi connectivity index (χ1n) is 21.0. The van der Waals surface area contributed by atoms with Crippen LogP contribution in [0.25, 0.3) is 66.1 Å². The average molecular weight is 763 g/mol. The molecule has 280 valence electrons. The molecular weight excluding hydrogens is 725 g/mol. The zero-order valence-electron chi connectivity index (χ0n) is 33.1. The van der Waals surface area contributed by atoms with E-state index in [1.165, 1.54) is 105 Å². The number of para-hydroxylation sites is 1. The minimum absolute atomic E-state index is 0.436. The second kappa shape index (κ2) is 12.3. The second-order valence-corrected chi connectivity index (χ2v) is 16.8. The monoisotopic (exact) mass is 762 g/mol. The number of fused-ring (bicyclic) bond motifs is 15. The molecule has 0 fully saturated rings. The standard InChI is InChI=1S/C59H38O/c1-58(39-17-3-2-4-18-39)51-27-13-14-28-54(51)60-55-29-15-24-47(57(55)58)44-34-33-40(42-20-7-8-21-43(42)44)38-30-32-46-45-22-9-11-25-49(45)59(53(46)36-38)50-26-12-10-23-48(50)56-41-19-6-5-16-37(41)31-35-52(56)59/h2-36H,1H3. The highest BCUT2D eigenvalue weighted by molar-refractivity contribution is 6.08. The summed E-state index contributed by atoms with van der Waals surface area (Å²) in [5, 5.41) is 5.03. The maximum atomic E-state index is 6.75. The Balaban J connectivity index is 1.04. The van der Waals surface area contributed by atoms with Crippen LogP contribution < -0.4 is 4.74 Å². The molecule has 0 saturated heterocycles. The van der Waals surface area contributed by atoms with Crippen LogP contribution in [0.1, 0.15) is 45.9 Å². The zero-order chi connectivity index (χ0) is 39.6. The van der Waals surface area contributed by atoms with Gasteiger partial charge in [0.25, 0.3) is 0 Å². The Bertz CT molecular complexity index is 3430. The quantitative estimate of drug-likeness (QED) is 0.174. The van der Waals surface area contributed by atoms with Crippen LogP contribution in [0.15, 0.2) is 212 Å². The molecule has 1 nitrogen and oxygen atoms in total. The fourth-order valence-corrected chi connectivity index (χ4v) is 11.5. The summed E-state index contributed by atoms with van der Waals surface area (Å²) in [6, 6.07) is 78.7. The van der Waals surface area contributed by atoms with Gasteiger partial charge in [0.05, 0.1) is 10.8 Å². The van der Waals surface area contributed by atoms with Crippen LogP contribution in [0.2, 0.25) is 0 Å². The Labute approximate surface area is 349 Å². The third-order valence-corrected chi connectivity index (χ3v) is 14.0. The summed E-state index contributed by atoms with van der Waals surface area (Å²) >= 11 is 0. The van der Waals surface area contributed by atoms with Gasteiger partial charge in [-0.05, 0) is 119 Å². The molecule has 0 radical (unpaired) electrons. The average Bonchev–Trinajstić information content (AvgIpc) is 3.78. The van der Waals surface area contributed by atoms with E-state index in [2.05, 4.69) is 219 Å². The Hall–Kier alpha value is -7.48. The van der Waals surface area contributed by atoms with Gasteiger partial charge in [0.15, 0.2) is 0 Å². The first-order chi connectivity index (χ1) is 29.7. The van der Waals surface area contributed by atoms with Gasteiger partial charge < -0.3 is 4.74 Å². The molecule has 10 aromatic carbocycles. The largest absolute Gasteiger partial charge is 0.457 e. The Morgan fingerprint density at radius 2 is 0.933 bits per heavy atom. The van der Waals surface area contributed by atoms with Gasteiger partial charge in [-0.15, -0.1) is 0 Å². The van der Waals surface area contributed by atoms with Gasteiger partial charge in [0.1, 0.15) is 11.5 Å². The number of benzene rings is 10. The van der Waals surface area contributed by atoms with E-state index in [1.807, 2.05) is 0 Å². The fraction of sp³-hybridized carbons (Fsp3) is 0.0508. The summed E-state index contributed by atoms with van der Waals surface area (Å²) in [6.07, 6.45) is 0. The van der Waals surface area contributed by atoms with Crippen LogP contribution in [0.3, 0.4) is 0 Å². The van der Waals surface area contributed by atoms with Crippen LogP contribution in [0.4, 0.5) is 0 Å². The van der Waals surface area contributed by atoms with Crippen molar-refractivity contribution in [3.63, 3.8) is 0 Å². The van der Waals surface area contributed by atoms with Crippen molar-refractivity contribution >= 4 is 21.5 Å². The molecule has 0 bridgehead atoms. The van der Waals surface area contributed by atoms with Crippen molar-refractivity contribution in [1.82, 2.24) is 0 Å². The lowest BCUT2D eigenvalue weighted by molar-refractivity contribution is 0.428. The number of hydrogen-bond donors (Lipinski definition) is 0. The lowest BCUT2D eigenvalue weighted by atomic mass is 9.67. The molecule has 0 aromatic heterocycles. The Morgan fingerprint density at radius 1 is 0.350 bits per heavy atom. The number of hydrogen-bond acceptors (Lipinski definition) is 1. The molecule has 2 atom stereocenters. The van der Waals surface area contributed by atoms with Gasteiger partial charge >= 0.3 is 0 Å². The summed E-state index contributed by atoms with van der Waals surface area (Å²) in [6.45, 7) is 2.36. The molecule has 1 heterocycles. The fourth-order valence-electron chi connectivity index (χ4n) is 11.5. The molecule has 0 N–H and O–H groups in total. The second-order valence-electron chi connectivity index (χ2n) is 16.8. The van der Waals surface area contributed by atoms with Gasteiger partial charge in [0, 0.05) is 11.1 Å². The summed E-state index contributed by atoms with van der Waals surface area (Å²) < 4.78 is 6.75. The SMILES string of the molecule is CC1(c2ccccc2)c2ccccc2Oc2cccc(-c3ccc(-c4ccc5c(c4)C4(c6ccccc6-5)c5ccccc5-c5c4ccc4ccccc54)c4ccccc34)c21. The zero-order valence-corrected chi connectivity index (χ0v) is 33.1. The van der Waals surface area contributed by atoms with Crippen LogP contribution in [0.5, 0.6) is 11.5 Å². The maximum Gasteiger partial charge on any atom is 0.132 e. The molecule has 2 aliphatic carbocycles. The highest BCUT2D eigenvalue weighted by Gasteiger charge is 2.52. The smallest absolute Gasteiger partial charge is 0.132 e. The molecule has 0 amide bonds. The topological polar surface area (TPSA) is 9.23 Å². The molecule has 13 rings (SSSR count). The molecular formula is C59H38O. The van der Waals surface area contributed by atoms with E-state index in [0.717, 1.165) is 11.5 Å². The highest BCUT2D eigenvalue weighted by atomic mass is 16.5. The predicted octanol–water partition coefficient (Wildman–Crippen LogP) is 15.1. The lowest BCUT2D eigenvalue weighted by Gasteiger charge is -2.39. The van der Waals surface area contributed by atoms with E-state index in [9.17, 15) is 0 Å². The van der Waals surface area contributed by atoms with Crippen LogP contribution in [0, 0.1) is 0 Å². The normalized spacial score (nSPS) is 17.7. The van der Waals surface area contributed by atoms with Gasteiger partial charge in [0.2, 0.25) is 0 Å². The first-order valence-corrected chi connectivity index (χ1v) is 21.0. The van der Waals surface area contributed by atoms with Crippen molar-refractivity contribution < 1.29 is 4.74 Å². The van der Waals surface area contributed by atoms with Crippen molar-refractivity contribution in [2.45, 2.75) is 17.8 Å². The minimum Gasteiger partial charge on any atom is -0.457 e. The Kier molecular flexibility index (Phi) is 6.85. The van der Waals surface area contributed by atoms with Crippen molar-refractivity contribution in [3.8, 4) is 56.0 Å². The third kappa shape index (κ3) is 4.26. The van der Waals surface area contributed by atoms with Crippen molar-refractivity contribution in [1.29, 1.82) is 0 Å². The van der Waals surface area contributed by atoms with Crippen LogP contribution in [-0.4, -0.2) is 0 Å². The van der Waals surface area contributed by atoms with Gasteiger partial charge in [-0.3, -0.25) is 0 Å². The van der Waals surface area contributed by atoms with Gasteiger partial charge in [-0.25, -0.2) is 0 Å². The summed E-state index contributed by atoms with van der Waals surface area (Å²) in [5.74, 6) is 1.81. The summed E-state index contributed by atoms with van der Waals surface area (Å²) in [5.41, 5.74) is 18.3. The Morgan fingerprint density at radius 3 is 1.77 bits per heavy atom. The molecule has 1 spiro atoms. The molecule has 3 aliphatic rings. The van der Waals surface area contributed by atoms with E-state index >= 15 is 0 Å². The molecule has 60 heavy (non-hydrogen) atoms. The maximum absolute atomic E-state index is 6.75. The molecule has 2 unspecified atom stereocenters. The van der Waals surface area contributed by atoms with Crippen molar-refractivity contribution in [3.05, 3.63) is 251 Å². The van der Waals surface area contributed by atoms with Gasteiger partial charge in [-0.2, -0.15) is 0 Å². The van der Waals surface area contributed by atoms with E-state index in [4.69, 9.17) is 4.74 Å². The van der Waals surface area contributed by atoms with E-state index in [0.29, 0.717) is 0 Å². The van der Waals surface area contributed by atoms with Crippen molar-refractivity contribution in [2.24, 2.45) is 0 Å². The van der Waals surface area contributed by atoms with Crippen LogP contribution >= 0.6 is 0 Å². The summed E-state index contributed by atoms with van der Waals surface area (Å²) in [7, 11) is 0. The van der Waals surface area contributed by atoms with Gasteiger partial charge in [-0.1, -0.05) is 194 Å². The number of rotatable bonds is 3. The third-order valence-electron chi connectivity index (χ3n) is 14.0. The lowest BCUT2D eigenvalue weighted by Crippen LogP contribution is -2.30.